The number of hydrogen-bond acceptors (Lipinski definition) is 6. The standard InChI is InChI=1S/C20H18F3N5O3/c1-28(15-8-30-5-9-2-10(20(21,22)23)4-25-16(9)15)19(29)14-3-13-17(26-14)11-6-31-7-12(11)18(24)27-13/h2-4,15,26H,5-8H2,1H3,(H2,24,27). The minimum absolute atomic E-state index is 0.00645. The van der Waals surface area contributed by atoms with E-state index in [2.05, 4.69) is 15.0 Å². The van der Waals surface area contributed by atoms with Crippen molar-refractivity contribution < 1.29 is 27.4 Å². The molecule has 0 aromatic carbocycles. The summed E-state index contributed by atoms with van der Waals surface area (Å²) in [6.07, 6.45) is -3.71. The van der Waals surface area contributed by atoms with Crippen LogP contribution in [0.2, 0.25) is 0 Å². The molecule has 0 saturated heterocycles. The molecule has 1 amide bonds. The molecule has 0 spiro atoms. The highest BCUT2D eigenvalue weighted by atomic mass is 19.4. The molecule has 2 aliphatic heterocycles. The molecule has 1 atom stereocenters. The molecule has 3 aromatic heterocycles. The molecule has 31 heavy (non-hydrogen) atoms. The van der Waals surface area contributed by atoms with Crippen LogP contribution in [0.3, 0.4) is 0 Å². The third kappa shape index (κ3) is 3.20. The fraction of sp³-hybridized carbons (Fsp3) is 0.350. The van der Waals surface area contributed by atoms with Gasteiger partial charge in [-0.2, -0.15) is 13.2 Å². The van der Waals surface area contributed by atoms with Crippen LogP contribution in [-0.2, 0) is 35.5 Å². The number of nitrogens with two attached hydrogens (primary N) is 1. The predicted molar refractivity (Wildman–Crippen MR) is 103 cm³/mol. The Morgan fingerprint density at radius 2 is 2.00 bits per heavy atom. The number of carbonyl (C=O) groups excluding carboxylic acids is 1. The first-order valence-corrected chi connectivity index (χ1v) is 9.52. The highest BCUT2D eigenvalue weighted by Gasteiger charge is 2.35. The molecule has 5 rings (SSSR count). The first-order valence-electron chi connectivity index (χ1n) is 9.52. The number of halogens is 3. The van der Waals surface area contributed by atoms with E-state index in [0.29, 0.717) is 41.3 Å². The minimum atomic E-state index is -4.50. The van der Waals surface area contributed by atoms with Crippen molar-refractivity contribution in [3.63, 3.8) is 0 Å². The van der Waals surface area contributed by atoms with Crippen LogP contribution >= 0.6 is 0 Å². The molecular formula is C20H18F3N5O3. The molecule has 1 unspecified atom stereocenters. The average molecular weight is 433 g/mol. The molecule has 0 bridgehead atoms. The van der Waals surface area contributed by atoms with Gasteiger partial charge in [0.2, 0.25) is 0 Å². The smallest absolute Gasteiger partial charge is 0.383 e. The summed E-state index contributed by atoms with van der Waals surface area (Å²) in [6.45, 7) is 0.876. The van der Waals surface area contributed by atoms with Crippen molar-refractivity contribution >= 4 is 22.8 Å². The van der Waals surface area contributed by atoms with E-state index in [1.807, 2.05) is 0 Å². The van der Waals surface area contributed by atoms with Gasteiger partial charge in [0.15, 0.2) is 0 Å². The third-order valence-corrected chi connectivity index (χ3v) is 5.70. The maximum Gasteiger partial charge on any atom is 0.417 e. The van der Waals surface area contributed by atoms with Gasteiger partial charge in [-0.1, -0.05) is 0 Å². The Kier molecular flexibility index (Phi) is 4.41. The van der Waals surface area contributed by atoms with Gasteiger partial charge in [-0.3, -0.25) is 9.78 Å². The molecule has 0 fully saturated rings. The SMILES string of the molecule is CN(C(=O)c1cc2nc(N)c3c(c2[nH]1)COC3)C1COCc2cc(C(F)(F)F)cnc21. The first-order chi connectivity index (χ1) is 14.7. The van der Waals surface area contributed by atoms with E-state index in [9.17, 15) is 18.0 Å². The zero-order valence-corrected chi connectivity index (χ0v) is 16.4. The Balaban J connectivity index is 1.48. The third-order valence-electron chi connectivity index (χ3n) is 5.70. The van der Waals surface area contributed by atoms with E-state index in [1.165, 1.54) is 4.90 Å². The van der Waals surface area contributed by atoms with Gasteiger partial charge in [-0.05, 0) is 12.1 Å². The highest BCUT2D eigenvalue weighted by Crippen LogP contribution is 2.35. The van der Waals surface area contributed by atoms with Crippen LogP contribution in [0.15, 0.2) is 18.3 Å². The number of ether oxygens (including phenoxy) is 2. The van der Waals surface area contributed by atoms with Gasteiger partial charge in [-0.25, -0.2) is 4.98 Å². The maximum absolute atomic E-state index is 13.2. The number of fused-ring (bicyclic) bond motifs is 4. The van der Waals surface area contributed by atoms with E-state index in [0.717, 1.165) is 23.4 Å². The summed E-state index contributed by atoms with van der Waals surface area (Å²) >= 11 is 0. The summed E-state index contributed by atoms with van der Waals surface area (Å²) in [7, 11) is 1.56. The lowest BCUT2D eigenvalue weighted by atomic mass is 10.0. The fourth-order valence-corrected chi connectivity index (χ4v) is 4.03. The minimum Gasteiger partial charge on any atom is -0.383 e. The zero-order valence-electron chi connectivity index (χ0n) is 16.4. The van der Waals surface area contributed by atoms with Gasteiger partial charge in [0.25, 0.3) is 5.91 Å². The van der Waals surface area contributed by atoms with Crippen molar-refractivity contribution in [1.29, 1.82) is 0 Å². The lowest BCUT2D eigenvalue weighted by Crippen LogP contribution is -2.37. The summed E-state index contributed by atoms with van der Waals surface area (Å²) in [5, 5.41) is 0. The van der Waals surface area contributed by atoms with Crippen molar-refractivity contribution in [3.8, 4) is 0 Å². The van der Waals surface area contributed by atoms with Crippen LogP contribution in [0.4, 0.5) is 19.0 Å². The maximum atomic E-state index is 13.2. The Hall–Kier alpha value is -3.18. The number of hydrogen-bond donors (Lipinski definition) is 2. The van der Waals surface area contributed by atoms with E-state index < -0.39 is 17.8 Å². The lowest BCUT2D eigenvalue weighted by molar-refractivity contribution is -0.138. The molecule has 11 heteroatoms. The van der Waals surface area contributed by atoms with Crippen LogP contribution in [0.1, 0.15) is 44.5 Å². The number of anilines is 1. The number of H-pyrrole nitrogens is 1. The van der Waals surface area contributed by atoms with Crippen LogP contribution in [0.25, 0.3) is 11.0 Å². The number of nitrogens with zero attached hydrogens (tertiary/aromatic N) is 3. The quantitative estimate of drug-likeness (QED) is 0.644. The van der Waals surface area contributed by atoms with Crippen molar-refractivity contribution in [2.45, 2.75) is 32.0 Å². The fourth-order valence-electron chi connectivity index (χ4n) is 4.03. The number of alkyl halides is 3. The van der Waals surface area contributed by atoms with Crippen molar-refractivity contribution in [1.82, 2.24) is 19.9 Å². The van der Waals surface area contributed by atoms with Crippen molar-refractivity contribution in [2.24, 2.45) is 0 Å². The number of pyridine rings is 2. The number of aromatic nitrogens is 3. The topological polar surface area (TPSA) is 106 Å². The van der Waals surface area contributed by atoms with Gasteiger partial charge in [0.1, 0.15) is 11.5 Å². The van der Waals surface area contributed by atoms with Gasteiger partial charge in [0, 0.05) is 29.9 Å². The van der Waals surface area contributed by atoms with Gasteiger partial charge >= 0.3 is 6.18 Å². The van der Waals surface area contributed by atoms with Crippen LogP contribution in [0, 0.1) is 0 Å². The highest BCUT2D eigenvalue weighted by molar-refractivity contribution is 5.98. The summed E-state index contributed by atoms with van der Waals surface area (Å²) < 4.78 is 50.0. The second-order valence-electron chi connectivity index (χ2n) is 7.60. The number of aromatic amines is 1. The Morgan fingerprint density at radius 1 is 1.23 bits per heavy atom. The van der Waals surface area contributed by atoms with Crippen molar-refractivity contribution in [2.75, 3.05) is 19.4 Å². The largest absolute Gasteiger partial charge is 0.417 e. The summed E-state index contributed by atoms with van der Waals surface area (Å²) in [5.41, 5.74) is 9.04. The van der Waals surface area contributed by atoms with Crippen LogP contribution in [0.5, 0.6) is 0 Å². The Labute approximate surface area is 174 Å². The number of nitrogen functional groups attached to an aromatic ring is 1. The first kappa shape index (κ1) is 19.8. The summed E-state index contributed by atoms with van der Waals surface area (Å²) in [5.74, 6) is -0.00184. The average Bonchev–Trinajstić information content (AvgIpc) is 3.38. The van der Waals surface area contributed by atoms with Gasteiger partial charge in [-0.15, -0.1) is 0 Å². The Morgan fingerprint density at radius 3 is 2.77 bits per heavy atom. The summed E-state index contributed by atoms with van der Waals surface area (Å²) in [4.78, 5) is 26.0. The molecule has 5 heterocycles. The van der Waals surface area contributed by atoms with Gasteiger partial charge < -0.3 is 25.1 Å². The van der Waals surface area contributed by atoms with E-state index in [1.54, 1.807) is 13.1 Å². The predicted octanol–water partition coefficient (Wildman–Crippen LogP) is 2.93. The molecular weight excluding hydrogens is 415 g/mol. The monoisotopic (exact) mass is 433 g/mol. The normalized spacial score (nSPS) is 18.1. The molecule has 8 nitrogen and oxygen atoms in total. The zero-order chi connectivity index (χ0) is 21.9. The second-order valence-corrected chi connectivity index (χ2v) is 7.60. The molecule has 0 aliphatic carbocycles. The molecule has 162 valence electrons. The van der Waals surface area contributed by atoms with Crippen molar-refractivity contribution in [3.05, 3.63) is 52.0 Å². The lowest BCUT2D eigenvalue weighted by Gasteiger charge is -2.32. The molecule has 3 N–H and O–H groups in total. The van der Waals surface area contributed by atoms with Gasteiger partial charge in [0.05, 0.1) is 54.8 Å². The van der Waals surface area contributed by atoms with E-state index in [4.69, 9.17) is 15.2 Å². The second kappa shape index (κ2) is 6.92. The molecule has 2 aliphatic rings. The Bertz CT molecular complexity index is 1210. The van der Waals surface area contributed by atoms with Crippen LogP contribution in [-0.4, -0.2) is 39.4 Å². The molecule has 3 aromatic rings. The van der Waals surface area contributed by atoms with Crippen LogP contribution < -0.4 is 5.73 Å². The summed E-state index contributed by atoms with van der Waals surface area (Å²) in [6, 6.07) is 2.00. The number of carbonyl (C=O) groups is 1. The number of rotatable bonds is 2. The number of amides is 1. The van der Waals surface area contributed by atoms with E-state index >= 15 is 0 Å². The van der Waals surface area contributed by atoms with E-state index in [-0.39, 0.29) is 24.8 Å². The molecule has 0 saturated carbocycles. The number of nitrogens with one attached hydrogen (secondary N) is 1. The molecule has 0 radical (unpaired) electrons. The number of likely N-dealkylation sites (N-methyl/N-ethyl adjacent to an activating group) is 1.